The maximum Gasteiger partial charge on any atom is 0.255 e. The SMILES string of the molecule is Cc1ccc(Br)c(C(=O)N(CCCl)Cc2ccccc2)c1. The van der Waals surface area contributed by atoms with Crippen molar-refractivity contribution in [3.8, 4) is 0 Å². The summed E-state index contributed by atoms with van der Waals surface area (Å²) in [6.45, 7) is 3.06. The Balaban J connectivity index is 2.25. The first-order valence-electron chi connectivity index (χ1n) is 6.77. The Kier molecular flexibility index (Phi) is 5.83. The Bertz CT molecular complexity index is 615. The highest BCUT2D eigenvalue weighted by Crippen LogP contribution is 2.21. The van der Waals surface area contributed by atoms with Crippen molar-refractivity contribution < 1.29 is 4.79 Å². The zero-order chi connectivity index (χ0) is 15.2. The second-order valence-corrected chi connectivity index (χ2v) is 6.12. The maximum atomic E-state index is 12.7. The van der Waals surface area contributed by atoms with Crippen molar-refractivity contribution in [2.45, 2.75) is 13.5 Å². The fourth-order valence-electron chi connectivity index (χ4n) is 2.13. The van der Waals surface area contributed by atoms with Gasteiger partial charge in [0.1, 0.15) is 0 Å². The Morgan fingerprint density at radius 1 is 1.19 bits per heavy atom. The topological polar surface area (TPSA) is 20.3 Å². The van der Waals surface area contributed by atoms with E-state index in [0.29, 0.717) is 24.5 Å². The van der Waals surface area contributed by atoms with Crippen LogP contribution < -0.4 is 0 Å². The molecular weight excluding hydrogens is 350 g/mol. The number of halogens is 2. The number of aryl methyl sites for hydroxylation is 1. The second-order valence-electron chi connectivity index (χ2n) is 4.88. The summed E-state index contributed by atoms with van der Waals surface area (Å²) in [5.41, 5.74) is 2.84. The van der Waals surface area contributed by atoms with E-state index in [4.69, 9.17) is 11.6 Å². The Hall–Kier alpha value is -1.32. The Morgan fingerprint density at radius 2 is 1.90 bits per heavy atom. The number of nitrogens with zero attached hydrogens (tertiary/aromatic N) is 1. The molecule has 0 aliphatic heterocycles. The van der Waals surface area contributed by atoms with Gasteiger partial charge in [-0.3, -0.25) is 4.79 Å². The highest BCUT2D eigenvalue weighted by Gasteiger charge is 2.18. The van der Waals surface area contributed by atoms with Crippen molar-refractivity contribution in [1.82, 2.24) is 4.90 Å². The third kappa shape index (κ3) is 4.32. The lowest BCUT2D eigenvalue weighted by atomic mass is 10.1. The molecular formula is C17H17BrClNO. The fraction of sp³-hybridized carbons (Fsp3) is 0.235. The van der Waals surface area contributed by atoms with Gasteiger partial charge in [0, 0.05) is 23.4 Å². The van der Waals surface area contributed by atoms with Crippen LogP contribution in [-0.4, -0.2) is 23.2 Å². The molecule has 0 N–H and O–H groups in total. The van der Waals surface area contributed by atoms with Gasteiger partial charge in [-0.05, 0) is 40.5 Å². The molecule has 1 amide bonds. The molecule has 0 saturated carbocycles. The summed E-state index contributed by atoms with van der Waals surface area (Å²) >= 11 is 9.31. The van der Waals surface area contributed by atoms with Crippen LogP contribution in [0.5, 0.6) is 0 Å². The third-order valence-corrected chi connectivity index (χ3v) is 4.07. The van der Waals surface area contributed by atoms with Crippen molar-refractivity contribution in [1.29, 1.82) is 0 Å². The van der Waals surface area contributed by atoms with Gasteiger partial charge in [-0.15, -0.1) is 11.6 Å². The molecule has 0 spiro atoms. The average molecular weight is 367 g/mol. The second kappa shape index (κ2) is 7.62. The lowest BCUT2D eigenvalue weighted by Crippen LogP contribution is -2.32. The van der Waals surface area contributed by atoms with E-state index in [1.807, 2.05) is 55.5 Å². The highest BCUT2D eigenvalue weighted by molar-refractivity contribution is 9.10. The van der Waals surface area contributed by atoms with Gasteiger partial charge in [-0.1, -0.05) is 42.0 Å². The minimum Gasteiger partial charge on any atom is -0.333 e. The molecule has 0 radical (unpaired) electrons. The summed E-state index contributed by atoms with van der Waals surface area (Å²) in [7, 11) is 0. The van der Waals surface area contributed by atoms with Crippen LogP contribution in [0.25, 0.3) is 0 Å². The number of carbonyl (C=O) groups excluding carboxylic acids is 1. The predicted molar refractivity (Wildman–Crippen MR) is 90.8 cm³/mol. The van der Waals surface area contributed by atoms with Crippen LogP contribution in [0, 0.1) is 6.92 Å². The van der Waals surface area contributed by atoms with Crippen LogP contribution in [0.3, 0.4) is 0 Å². The lowest BCUT2D eigenvalue weighted by Gasteiger charge is -2.22. The van der Waals surface area contributed by atoms with E-state index < -0.39 is 0 Å². The van der Waals surface area contributed by atoms with Crippen LogP contribution in [0.1, 0.15) is 21.5 Å². The summed E-state index contributed by atoms with van der Waals surface area (Å²) in [6.07, 6.45) is 0. The molecule has 2 rings (SSSR count). The number of alkyl halides is 1. The van der Waals surface area contributed by atoms with Gasteiger partial charge in [-0.25, -0.2) is 0 Å². The van der Waals surface area contributed by atoms with E-state index in [1.165, 1.54) is 0 Å². The van der Waals surface area contributed by atoms with Crippen molar-refractivity contribution in [2.24, 2.45) is 0 Å². The summed E-state index contributed by atoms with van der Waals surface area (Å²) < 4.78 is 0.811. The van der Waals surface area contributed by atoms with Gasteiger partial charge in [0.05, 0.1) is 5.56 Å². The molecule has 0 aliphatic rings. The molecule has 0 saturated heterocycles. The molecule has 0 unspecified atom stereocenters. The Labute approximate surface area is 138 Å². The predicted octanol–water partition coefficient (Wildman–Crippen LogP) is 4.64. The monoisotopic (exact) mass is 365 g/mol. The van der Waals surface area contributed by atoms with E-state index in [-0.39, 0.29) is 5.91 Å². The normalized spacial score (nSPS) is 10.4. The highest BCUT2D eigenvalue weighted by atomic mass is 79.9. The van der Waals surface area contributed by atoms with Crippen LogP contribution >= 0.6 is 27.5 Å². The van der Waals surface area contributed by atoms with Crippen molar-refractivity contribution in [3.05, 3.63) is 69.7 Å². The standard InChI is InChI=1S/C17H17BrClNO/c1-13-7-8-16(18)15(11-13)17(21)20(10-9-19)12-14-5-3-2-4-6-14/h2-8,11H,9-10,12H2,1H3. The van der Waals surface area contributed by atoms with E-state index in [9.17, 15) is 4.79 Å². The molecule has 2 nitrogen and oxygen atoms in total. The van der Waals surface area contributed by atoms with E-state index in [0.717, 1.165) is 15.6 Å². The van der Waals surface area contributed by atoms with Crippen molar-refractivity contribution >= 4 is 33.4 Å². The number of carbonyl (C=O) groups is 1. The summed E-state index contributed by atoms with van der Waals surface area (Å²) in [4.78, 5) is 14.5. The van der Waals surface area contributed by atoms with Crippen LogP contribution in [0.15, 0.2) is 53.0 Å². The molecule has 2 aromatic rings. The third-order valence-electron chi connectivity index (χ3n) is 3.21. The van der Waals surface area contributed by atoms with Crippen LogP contribution in [-0.2, 0) is 6.54 Å². The number of benzene rings is 2. The zero-order valence-electron chi connectivity index (χ0n) is 11.9. The molecule has 0 atom stereocenters. The average Bonchev–Trinajstić information content (AvgIpc) is 2.49. The van der Waals surface area contributed by atoms with Crippen LogP contribution in [0.2, 0.25) is 0 Å². The quantitative estimate of drug-likeness (QED) is 0.706. The van der Waals surface area contributed by atoms with Gasteiger partial charge >= 0.3 is 0 Å². The van der Waals surface area contributed by atoms with Gasteiger partial charge in [-0.2, -0.15) is 0 Å². The molecule has 4 heteroatoms. The zero-order valence-corrected chi connectivity index (χ0v) is 14.2. The minimum absolute atomic E-state index is 0.00456. The molecule has 0 aliphatic carbocycles. The molecule has 0 fully saturated rings. The summed E-state index contributed by atoms with van der Waals surface area (Å²) in [5, 5.41) is 0. The van der Waals surface area contributed by atoms with Gasteiger partial charge in [0.25, 0.3) is 5.91 Å². The van der Waals surface area contributed by atoms with E-state index in [1.54, 1.807) is 4.90 Å². The minimum atomic E-state index is -0.00456. The first kappa shape index (κ1) is 16.1. The molecule has 0 bridgehead atoms. The van der Waals surface area contributed by atoms with Gasteiger partial charge in [0.2, 0.25) is 0 Å². The van der Waals surface area contributed by atoms with E-state index >= 15 is 0 Å². The number of hydrogen-bond donors (Lipinski definition) is 0. The maximum absolute atomic E-state index is 12.7. The van der Waals surface area contributed by atoms with Crippen molar-refractivity contribution in [3.63, 3.8) is 0 Å². The lowest BCUT2D eigenvalue weighted by molar-refractivity contribution is 0.0752. The molecule has 0 heterocycles. The number of amides is 1. The molecule has 0 aromatic heterocycles. The Morgan fingerprint density at radius 3 is 2.57 bits per heavy atom. The van der Waals surface area contributed by atoms with Gasteiger partial charge in [0.15, 0.2) is 0 Å². The van der Waals surface area contributed by atoms with Crippen molar-refractivity contribution in [2.75, 3.05) is 12.4 Å². The van der Waals surface area contributed by atoms with Gasteiger partial charge < -0.3 is 4.90 Å². The largest absolute Gasteiger partial charge is 0.333 e. The smallest absolute Gasteiger partial charge is 0.255 e. The fourth-order valence-corrected chi connectivity index (χ4v) is 2.75. The number of rotatable bonds is 5. The molecule has 2 aromatic carbocycles. The molecule has 110 valence electrons. The first-order valence-corrected chi connectivity index (χ1v) is 8.10. The first-order chi connectivity index (χ1) is 10.1. The van der Waals surface area contributed by atoms with Crippen LogP contribution in [0.4, 0.5) is 0 Å². The summed E-state index contributed by atoms with van der Waals surface area (Å²) in [5.74, 6) is 0.414. The number of hydrogen-bond acceptors (Lipinski definition) is 1. The van der Waals surface area contributed by atoms with E-state index in [2.05, 4.69) is 15.9 Å². The molecule has 21 heavy (non-hydrogen) atoms. The summed E-state index contributed by atoms with van der Waals surface area (Å²) in [6, 6.07) is 15.7.